The number of nitrogens with zero attached hydrogens (tertiary/aromatic N) is 4. The van der Waals surface area contributed by atoms with Crippen LogP contribution in [0.15, 0.2) is 36.5 Å². The molecule has 1 saturated heterocycles. The molecule has 2 heterocycles. The van der Waals surface area contributed by atoms with Crippen LogP contribution in [0.1, 0.15) is 18.4 Å². The third kappa shape index (κ3) is 3.85. The minimum atomic E-state index is 0.702. The van der Waals surface area contributed by atoms with Gasteiger partial charge < -0.3 is 14.5 Å². The van der Waals surface area contributed by atoms with E-state index in [2.05, 4.69) is 48.3 Å². The maximum absolute atomic E-state index is 5.20. The van der Waals surface area contributed by atoms with E-state index >= 15 is 0 Å². The van der Waals surface area contributed by atoms with E-state index in [0.29, 0.717) is 6.04 Å². The van der Waals surface area contributed by atoms with Gasteiger partial charge >= 0.3 is 0 Å². The van der Waals surface area contributed by atoms with Crippen LogP contribution in [0.2, 0.25) is 0 Å². The van der Waals surface area contributed by atoms with Gasteiger partial charge in [-0.25, -0.2) is 0 Å². The summed E-state index contributed by atoms with van der Waals surface area (Å²) in [7, 11) is 6.03. The first-order chi connectivity index (χ1) is 11.2. The van der Waals surface area contributed by atoms with Crippen molar-refractivity contribution in [2.75, 3.05) is 39.2 Å². The second kappa shape index (κ2) is 7.04. The number of ether oxygens (including phenoxy) is 1. The predicted octanol–water partition coefficient (Wildman–Crippen LogP) is 2.47. The minimum Gasteiger partial charge on any atom is -0.497 e. The van der Waals surface area contributed by atoms with Gasteiger partial charge in [-0.05, 0) is 44.6 Å². The zero-order valence-corrected chi connectivity index (χ0v) is 14.3. The molecule has 0 saturated carbocycles. The standard InChI is InChI=1S/C18H26N4O/c1-20(2)16-8-11-21(12-9-16)18-10-13-22(19-18)14-15-4-6-17(23-3)7-5-15/h4-7,10,13,16H,8-9,11-12,14H2,1-3H3. The number of piperidine rings is 1. The van der Waals surface area contributed by atoms with Crippen LogP contribution in [0, 0.1) is 0 Å². The first-order valence-electron chi connectivity index (χ1n) is 8.23. The van der Waals surface area contributed by atoms with E-state index in [9.17, 15) is 0 Å². The highest BCUT2D eigenvalue weighted by atomic mass is 16.5. The average molecular weight is 314 g/mol. The number of hydrogen-bond donors (Lipinski definition) is 0. The van der Waals surface area contributed by atoms with Crippen LogP contribution in [-0.2, 0) is 6.54 Å². The van der Waals surface area contributed by atoms with Gasteiger partial charge in [-0.3, -0.25) is 4.68 Å². The van der Waals surface area contributed by atoms with Crippen LogP contribution < -0.4 is 9.64 Å². The van der Waals surface area contributed by atoms with Crippen molar-refractivity contribution in [1.82, 2.24) is 14.7 Å². The molecule has 2 aromatic rings. The van der Waals surface area contributed by atoms with Gasteiger partial charge in [-0.15, -0.1) is 0 Å². The summed E-state index contributed by atoms with van der Waals surface area (Å²) in [5, 5.41) is 4.74. The Bertz CT molecular complexity index is 612. The number of methoxy groups -OCH3 is 1. The van der Waals surface area contributed by atoms with Crippen molar-refractivity contribution >= 4 is 5.82 Å². The topological polar surface area (TPSA) is 33.5 Å². The van der Waals surface area contributed by atoms with Crippen LogP contribution >= 0.6 is 0 Å². The number of aromatic nitrogens is 2. The van der Waals surface area contributed by atoms with Crippen molar-refractivity contribution in [3.63, 3.8) is 0 Å². The highest BCUT2D eigenvalue weighted by molar-refractivity contribution is 5.37. The monoisotopic (exact) mass is 314 g/mol. The van der Waals surface area contributed by atoms with E-state index in [-0.39, 0.29) is 0 Å². The van der Waals surface area contributed by atoms with Gasteiger partial charge in [-0.1, -0.05) is 12.1 Å². The van der Waals surface area contributed by atoms with Crippen molar-refractivity contribution in [2.45, 2.75) is 25.4 Å². The summed E-state index contributed by atoms with van der Waals surface area (Å²) in [6.45, 7) is 2.96. The Kier molecular flexibility index (Phi) is 4.86. The highest BCUT2D eigenvalue weighted by Crippen LogP contribution is 2.20. The third-order valence-electron chi connectivity index (χ3n) is 4.65. The molecule has 0 unspecified atom stereocenters. The maximum atomic E-state index is 5.20. The van der Waals surface area contributed by atoms with Crippen molar-refractivity contribution in [2.24, 2.45) is 0 Å². The zero-order valence-electron chi connectivity index (χ0n) is 14.3. The lowest BCUT2D eigenvalue weighted by Gasteiger charge is -2.35. The number of hydrogen-bond acceptors (Lipinski definition) is 4. The summed E-state index contributed by atoms with van der Waals surface area (Å²) in [5.74, 6) is 1.98. The van der Waals surface area contributed by atoms with E-state index in [4.69, 9.17) is 9.84 Å². The smallest absolute Gasteiger partial charge is 0.150 e. The van der Waals surface area contributed by atoms with Crippen LogP contribution in [0.3, 0.4) is 0 Å². The molecule has 1 fully saturated rings. The Balaban J connectivity index is 1.59. The fourth-order valence-electron chi connectivity index (χ4n) is 3.14. The molecule has 0 atom stereocenters. The Labute approximate surface area is 138 Å². The summed E-state index contributed by atoms with van der Waals surface area (Å²) in [4.78, 5) is 4.73. The summed E-state index contributed by atoms with van der Waals surface area (Å²) >= 11 is 0. The molecular weight excluding hydrogens is 288 g/mol. The summed E-state index contributed by atoms with van der Waals surface area (Å²) in [6.07, 6.45) is 4.48. The van der Waals surface area contributed by atoms with E-state index in [0.717, 1.165) is 31.2 Å². The maximum Gasteiger partial charge on any atom is 0.150 e. The van der Waals surface area contributed by atoms with Crippen LogP contribution in [0.5, 0.6) is 5.75 Å². The lowest BCUT2D eigenvalue weighted by atomic mass is 10.0. The van der Waals surface area contributed by atoms with E-state index in [1.807, 2.05) is 16.8 Å². The Morgan fingerprint density at radius 2 is 1.83 bits per heavy atom. The van der Waals surface area contributed by atoms with Gasteiger partial charge in [0.1, 0.15) is 5.75 Å². The number of rotatable bonds is 5. The van der Waals surface area contributed by atoms with Crippen molar-refractivity contribution < 1.29 is 4.74 Å². The molecule has 0 aliphatic carbocycles. The quantitative estimate of drug-likeness (QED) is 0.849. The number of anilines is 1. The summed E-state index contributed by atoms with van der Waals surface area (Å²) in [6, 6.07) is 11.0. The molecule has 1 aromatic heterocycles. The molecule has 23 heavy (non-hydrogen) atoms. The first kappa shape index (κ1) is 15.9. The summed E-state index contributed by atoms with van der Waals surface area (Å²) < 4.78 is 7.20. The van der Waals surface area contributed by atoms with Crippen molar-refractivity contribution in [1.29, 1.82) is 0 Å². The lowest BCUT2D eigenvalue weighted by molar-refractivity contribution is 0.249. The van der Waals surface area contributed by atoms with Gasteiger partial charge in [-0.2, -0.15) is 5.10 Å². The number of benzene rings is 1. The predicted molar refractivity (Wildman–Crippen MR) is 93.2 cm³/mol. The molecule has 0 amide bonds. The minimum absolute atomic E-state index is 0.702. The van der Waals surface area contributed by atoms with E-state index < -0.39 is 0 Å². The zero-order chi connectivity index (χ0) is 16.2. The SMILES string of the molecule is COc1ccc(Cn2ccc(N3CCC(N(C)C)CC3)n2)cc1. The molecule has 0 bridgehead atoms. The lowest BCUT2D eigenvalue weighted by Crippen LogP contribution is -2.42. The first-order valence-corrected chi connectivity index (χ1v) is 8.23. The summed E-state index contributed by atoms with van der Waals surface area (Å²) in [5.41, 5.74) is 1.23. The van der Waals surface area contributed by atoms with Gasteiger partial charge in [0, 0.05) is 31.4 Å². The van der Waals surface area contributed by atoms with Gasteiger partial charge in [0.25, 0.3) is 0 Å². The van der Waals surface area contributed by atoms with E-state index in [1.54, 1.807) is 7.11 Å². The highest BCUT2D eigenvalue weighted by Gasteiger charge is 2.21. The van der Waals surface area contributed by atoms with Crippen molar-refractivity contribution in [3.8, 4) is 5.75 Å². The van der Waals surface area contributed by atoms with Gasteiger partial charge in [0.2, 0.25) is 0 Å². The second-order valence-electron chi connectivity index (χ2n) is 6.40. The molecule has 1 aliphatic rings. The molecule has 1 aliphatic heterocycles. The third-order valence-corrected chi connectivity index (χ3v) is 4.65. The van der Waals surface area contributed by atoms with Gasteiger partial charge in [0.05, 0.1) is 13.7 Å². The molecule has 5 nitrogen and oxygen atoms in total. The van der Waals surface area contributed by atoms with Crippen LogP contribution in [-0.4, -0.2) is 55.0 Å². The Hall–Kier alpha value is -2.01. The fourth-order valence-corrected chi connectivity index (χ4v) is 3.14. The molecule has 0 spiro atoms. The molecule has 3 rings (SSSR count). The largest absolute Gasteiger partial charge is 0.497 e. The van der Waals surface area contributed by atoms with E-state index in [1.165, 1.54) is 18.4 Å². The molecule has 0 radical (unpaired) electrons. The molecule has 0 N–H and O–H groups in total. The molecule has 5 heteroatoms. The average Bonchev–Trinajstić information content (AvgIpc) is 3.04. The normalized spacial score (nSPS) is 16.1. The fraction of sp³-hybridized carbons (Fsp3) is 0.500. The molecular formula is C18H26N4O. The second-order valence-corrected chi connectivity index (χ2v) is 6.40. The van der Waals surface area contributed by atoms with Crippen LogP contribution in [0.25, 0.3) is 0 Å². The molecule has 1 aromatic carbocycles. The molecule has 124 valence electrons. The van der Waals surface area contributed by atoms with Crippen molar-refractivity contribution in [3.05, 3.63) is 42.1 Å². The Morgan fingerprint density at radius 3 is 2.43 bits per heavy atom. The Morgan fingerprint density at radius 1 is 1.13 bits per heavy atom. The van der Waals surface area contributed by atoms with Gasteiger partial charge in [0.15, 0.2) is 5.82 Å². The van der Waals surface area contributed by atoms with Crippen LogP contribution in [0.4, 0.5) is 5.82 Å².